The molecular weight excluding hydrogens is 286 g/mol. The average Bonchev–Trinajstić information content (AvgIpc) is 2.27. The Morgan fingerprint density at radius 3 is 2.75 bits per heavy atom. The van der Waals surface area contributed by atoms with E-state index in [0.717, 1.165) is 13.2 Å². The van der Waals surface area contributed by atoms with Crippen molar-refractivity contribution in [1.82, 2.24) is 4.98 Å². The van der Waals surface area contributed by atoms with Gasteiger partial charge in [-0.2, -0.15) is 5.26 Å². The van der Waals surface area contributed by atoms with Crippen molar-refractivity contribution in [3.8, 4) is 6.07 Å². The van der Waals surface area contributed by atoms with Gasteiger partial charge >= 0.3 is 5.97 Å². The molecule has 0 radical (unpaired) electrons. The summed E-state index contributed by atoms with van der Waals surface area (Å²) in [4.78, 5) is 14.7. The molecule has 0 aromatic carbocycles. The second kappa shape index (κ2) is 4.99. The number of ether oxygens (including phenoxy) is 1. The number of hydrogen-bond acceptors (Lipinski definition) is 4. The van der Waals surface area contributed by atoms with Crippen LogP contribution in [0.5, 0.6) is 0 Å². The molecule has 0 saturated carbocycles. The number of carbonyl (C=O) groups excluding carboxylic acids is 1. The molecule has 1 aromatic heterocycles. The van der Waals surface area contributed by atoms with Gasteiger partial charge in [0.2, 0.25) is 0 Å². The van der Waals surface area contributed by atoms with Gasteiger partial charge in [0.25, 0.3) is 6.43 Å². The van der Waals surface area contributed by atoms with Gasteiger partial charge in [0.05, 0.1) is 18.2 Å². The Labute approximate surface area is 98.0 Å². The van der Waals surface area contributed by atoms with Gasteiger partial charge in [-0.25, -0.2) is 18.6 Å². The summed E-state index contributed by atoms with van der Waals surface area (Å²) in [7, 11) is 1.14. The van der Waals surface area contributed by atoms with Gasteiger partial charge in [-0.3, -0.25) is 0 Å². The first-order chi connectivity index (χ1) is 7.51. The zero-order valence-corrected chi connectivity index (χ0v) is 9.59. The first-order valence-electron chi connectivity index (χ1n) is 3.98. The highest BCUT2D eigenvalue weighted by Crippen LogP contribution is 2.25. The van der Waals surface area contributed by atoms with Crippen LogP contribution in [0.15, 0.2) is 10.7 Å². The number of pyridine rings is 1. The van der Waals surface area contributed by atoms with E-state index in [9.17, 15) is 13.6 Å². The van der Waals surface area contributed by atoms with E-state index in [1.165, 1.54) is 0 Å². The highest BCUT2D eigenvalue weighted by atomic mass is 79.9. The van der Waals surface area contributed by atoms with Gasteiger partial charge in [-0.15, -0.1) is 0 Å². The number of rotatable bonds is 2. The summed E-state index contributed by atoms with van der Waals surface area (Å²) in [6.45, 7) is 0. The van der Waals surface area contributed by atoms with Crippen molar-refractivity contribution < 1.29 is 18.3 Å². The Hall–Kier alpha value is -1.55. The summed E-state index contributed by atoms with van der Waals surface area (Å²) in [6, 6.07) is 2.57. The first-order valence-corrected chi connectivity index (χ1v) is 4.77. The van der Waals surface area contributed by atoms with Crippen LogP contribution in [-0.2, 0) is 4.74 Å². The lowest BCUT2D eigenvalue weighted by atomic mass is 10.1. The maximum absolute atomic E-state index is 12.5. The van der Waals surface area contributed by atoms with Crippen LogP contribution >= 0.6 is 15.9 Å². The SMILES string of the molecule is COC(=O)c1cc(C#N)c(C(F)F)nc1Br. The van der Waals surface area contributed by atoms with Crippen LogP contribution in [0.25, 0.3) is 0 Å². The normalized spacial score (nSPS) is 10.0. The number of carbonyl (C=O) groups is 1. The standard InChI is InChI=1S/C9H5BrF2N2O2/c1-16-9(15)5-2-4(3-13)6(8(11)12)14-7(5)10/h2,8H,1H3. The van der Waals surface area contributed by atoms with Gasteiger partial charge in [0.15, 0.2) is 0 Å². The van der Waals surface area contributed by atoms with Crippen molar-refractivity contribution in [2.45, 2.75) is 6.43 Å². The fourth-order valence-electron chi connectivity index (χ4n) is 1.01. The molecule has 0 aliphatic carbocycles. The van der Waals surface area contributed by atoms with Crippen molar-refractivity contribution in [2.75, 3.05) is 7.11 Å². The topological polar surface area (TPSA) is 63.0 Å². The molecule has 0 aliphatic heterocycles. The minimum atomic E-state index is -2.88. The summed E-state index contributed by atoms with van der Waals surface area (Å²) in [5.41, 5.74) is -1.08. The minimum absolute atomic E-state index is 0.0662. The van der Waals surface area contributed by atoms with Crippen LogP contribution in [0.2, 0.25) is 0 Å². The number of hydrogen-bond donors (Lipinski definition) is 0. The van der Waals surface area contributed by atoms with Gasteiger partial charge in [0.1, 0.15) is 16.4 Å². The van der Waals surface area contributed by atoms with Crippen LogP contribution in [0.1, 0.15) is 28.0 Å². The summed E-state index contributed by atoms with van der Waals surface area (Å²) in [5, 5.41) is 8.65. The van der Waals surface area contributed by atoms with Crippen molar-refractivity contribution in [3.05, 3.63) is 27.5 Å². The predicted molar refractivity (Wildman–Crippen MR) is 52.9 cm³/mol. The molecule has 7 heteroatoms. The molecule has 0 unspecified atom stereocenters. The van der Waals surface area contributed by atoms with Crippen LogP contribution in [-0.4, -0.2) is 18.1 Å². The fraction of sp³-hybridized carbons (Fsp3) is 0.222. The summed E-state index contributed by atoms with van der Waals surface area (Å²) >= 11 is 2.87. The Kier molecular flexibility index (Phi) is 3.90. The van der Waals surface area contributed by atoms with E-state index in [0.29, 0.717) is 0 Å². The first kappa shape index (κ1) is 12.5. The number of alkyl halides is 2. The summed E-state index contributed by atoms with van der Waals surface area (Å²) in [5.74, 6) is -0.753. The van der Waals surface area contributed by atoms with Crippen molar-refractivity contribution in [1.29, 1.82) is 5.26 Å². The largest absolute Gasteiger partial charge is 0.465 e. The second-order valence-corrected chi connectivity index (χ2v) is 3.41. The summed E-state index contributed by atoms with van der Waals surface area (Å²) < 4.78 is 29.3. The van der Waals surface area contributed by atoms with E-state index in [4.69, 9.17) is 5.26 Å². The third-order valence-corrected chi connectivity index (χ3v) is 2.34. The Morgan fingerprint density at radius 2 is 2.31 bits per heavy atom. The Bertz CT molecular complexity index is 471. The third kappa shape index (κ3) is 2.33. The number of nitriles is 1. The van der Waals surface area contributed by atoms with Gasteiger partial charge in [-0.1, -0.05) is 0 Å². The van der Waals surface area contributed by atoms with E-state index in [1.807, 2.05) is 0 Å². The maximum Gasteiger partial charge on any atom is 0.340 e. The highest BCUT2D eigenvalue weighted by Gasteiger charge is 2.21. The van der Waals surface area contributed by atoms with Crippen molar-refractivity contribution in [2.24, 2.45) is 0 Å². The summed E-state index contributed by atoms with van der Waals surface area (Å²) in [6.07, 6.45) is -2.88. The molecule has 0 N–H and O–H groups in total. The molecule has 16 heavy (non-hydrogen) atoms. The maximum atomic E-state index is 12.5. The number of esters is 1. The number of halogens is 3. The Morgan fingerprint density at radius 1 is 1.69 bits per heavy atom. The fourth-order valence-corrected chi connectivity index (χ4v) is 1.48. The van der Waals surface area contributed by atoms with E-state index in [2.05, 4.69) is 25.7 Å². The van der Waals surface area contributed by atoms with E-state index in [-0.39, 0.29) is 15.7 Å². The average molecular weight is 291 g/mol. The van der Waals surface area contributed by atoms with Gasteiger partial charge < -0.3 is 4.74 Å². The molecular formula is C9H5BrF2N2O2. The third-order valence-electron chi connectivity index (χ3n) is 1.74. The molecule has 0 fully saturated rings. The van der Waals surface area contributed by atoms with Gasteiger partial charge in [-0.05, 0) is 22.0 Å². The zero-order chi connectivity index (χ0) is 12.3. The van der Waals surface area contributed by atoms with E-state index in [1.54, 1.807) is 6.07 Å². The molecule has 1 heterocycles. The highest BCUT2D eigenvalue weighted by molar-refractivity contribution is 9.10. The molecule has 0 spiro atoms. The van der Waals surface area contributed by atoms with Crippen LogP contribution in [0, 0.1) is 11.3 Å². The quantitative estimate of drug-likeness (QED) is 0.620. The Balaban J connectivity index is 3.38. The number of methoxy groups -OCH3 is 1. The smallest absolute Gasteiger partial charge is 0.340 e. The molecule has 0 bridgehead atoms. The van der Waals surface area contributed by atoms with Crippen molar-refractivity contribution in [3.63, 3.8) is 0 Å². The zero-order valence-electron chi connectivity index (χ0n) is 8.00. The number of aromatic nitrogens is 1. The lowest BCUT2D eigenvalue weighted by Crippen LogP contribution is -2.07. The monoisotopic (exact) mass is 290 g/mol. The molecule has 0 saturated heterocycles. The van der Waals surface area contributed by atoms with Gasteiger partial charge in [0, 0.05) is 0 Å². The predicted octanol–water partition coefficient (Wildman–Crippen LogP) is 2.44. The lowest BCUT2D eigenvalue weighted by Gasteiger charge is -2.06. The second-order valence-electron chi connectivity index (χ2n) is 2.66. The molecule has 0 aliphatic rings. The van der Waals surface area contributed by atoms with E-state index >= 15 is 0 Å². The molecule has 0 atom stereocenters. The lowest BCUT2D eigenvalue weighted by molar-refractivity contribution is 0.0598. The van der Waals surface area contributed by atoms with E-state index < -0.39 is 18.1 Å². The van der Waals surface area contributed by atoms with Crippen LogP contribution in [0.4, 0.5) is 8.78 Å². The molecule has 4 nitrogen and oxygen atoms in total. The molecule has 0 amide bonds. The molecule has 1 aromatic rings. The molecule has 1 rings (SSSR count). The van der Waals surface area contributed by atoms with Crippen molar-refractivity contribution >= 4 is 21.9 Å². The molecule has 84 valence electrons. The minimum Gasteiger partial charge on any atom is -0.465 e. The van der Waals surface area contributed by atoms with Crippen LogP contribution < -0.4 is 0 Å². The van der Waals surface area contributed by atoms with Crippen LogP contribution in [0.3, 0.4) is 0 Å². The number of nitrogens with zero attached hydrogens (tertiary/aromatic N) is 2.